The molecule has 0 aromatic carbocycles. The Morgan fingerprint density at radius 1 is 1.73 bits per heavy atom. The van der Waals surface area contributed by atoms with Crippen LogP contribution in [-0.4, -0.2) is 0 Å². The van der Waals surface area contributed by atoms with Crippen LogP contribution in [0, 0.1) is 5.92 Å². The maximum Gasteiger partial charge on any atom is -0.0101 e. The summed E-state index contributed by atoms with van der Waals surface area (Å²) in [5, 5.41) is 0. The van der Waals surface area contributed by atoms with Gasteiger partial charge in [-0.3, -0.25) is 0 Å². The van der Waals surface area contributed by atoms with E-state index in [9.17, 15) is 0 Å². The van der Waals surface area contributed by atoms with E-state index >= 15 is 0 Å². The van der Waals surface area contributed by atoms with Gasteiger partial charge in [0.1, 0.15) is 0 Å². The van der Waals surface area contributed by atoms with Crippen molar-refractivity contribution in [3.05, 3.63) is 36.0 Å². The summed E-state index contributed by atoms with van der Waals surface area (Å²) in [6, 6.07) is 0. The minimum atomic E-state index is 0.716. The zero-order valence-electron chi connectivity index (χ0n) is 7.43. The van der Waals surface area contributed by atoms with E-state index in [0.29, 0.717) is 5.92 Å². The minimum absolute atomic E-state index is 0.716. The van der Waals surface area contributed by atoms with Crippen molar-refractivity contribution < 1.29 is 0 Å². The molecule has 0 amide bonds. The van der Waals surface area contributed by atoms with Crippen LogP contribution >= 0.6 is 0 Å². The lowest BCUT2D eigenvalue weighted by atomic mass is 9.91. The van der Waals surface area contributed by atoms with E-state index < -0.39 is 0 Å². The van der Waals surface area contributed by atoms with Gasteiger partial charge in [0, 0.05) is 0 Å². The van der Waals surface area contributed by atoms with Gasteiger partial charge in [-0.05, 0) is 31.3 Å². The van der Waals surface area contributed by atoms with Crippen LogP contribution in [0.5, 0.6) is 0 Å². The molecule has 1 atom stereocenters. The van der Waals surface area contributed by atoms with Gasteiger partial charge >= 0.3 is 0 Å². The van der Waals surface area contributed by atoms with Gasteiger partial charge in [0.2, 0.25) is 0 Å². The van der Waals surface area contributed by atoms with E-state index in [4.69, 9.17) is 0 Å². The van der Waals surface area contributed by atoms with E-state index in [1.807, 2.05) is 6.08 Å². The predicted molar refractivity (Wildman–Crippen MR) is 50.4 cm³/mol. The average molecular weight is 148 g/mol. The zero-order chi connectivity index (χ0) is 8.27. The Hall–Kier alpha value is -0.780. The third-order valence-electron chi connectivity index (χ3n) is 2.15. The third kappa shape index (κ3) is 2.07. The first kappa shape index (κ1) is 8.32. The van der Waals surface area contributed by atoms with Crippen molar-refractivity contribution in [1.29, 1.82) is 0 Å². The van der Waals surface area contributed by atoms with Crippen molar-refractivity contribution in [2.45, 2.75) is 26.7 Å². The maximum absolute atomic E-state index is 3.75. The summed E-state index contributed by atoms with van der Waals surface area (Å²) < 4.78 is 0. The van der Waals surface area contributed by atoms with Crippen LogP contribution in [0.2, 0.25) is 0 Å². The first-order valence-corrected chi connectivity index (χ1v) is 4.22. The molecule has 0 aliphatic heterocycles. The highest BCUT2D eigenvalue weighted by atomic mass is 14.1. The van der Waals surface area contributed by atoms with Crippen LogP contribution in [0.4, 0.5) is 0 Å². The summed E-state index contributed by atoms with van der Waals surface area (Å²) in [6.07, 6.45) is 8.88. The van der Waals surface area contributed by atoms with Crippen LogP contribution < -0.4 is 0 Å². The molecule has 0 nitrogen and oxygen atoms in total. The molecule has 1 rings (SSSR count). The van der Waals surface area contributed by atoms with Crippen molar-refractivity contribution in [2.24, 2.45) is 5.92 Å². The molecule has 0 radical (unpaired) electrons. The first-order chi connectivity index (χ1) is 5.24. The highest BCUT2D eigenvalue weighted by Gasteiger charge is 2.07. The Bertz CT molecular complexity index is 206. The van der Waals surface area contributed by atoms with E-state index in [2.05, 4.69) is 32.6 Å². The van der Waals surface area contributed by atoms with Crippen molar-refractivity contribution in [3.63, 3.8) is 0 Å². The molecular weight excluding hydrogens is 132 g/mol. The summed E-state index contributed by atoms with van der Waals surface area (Å²) in [5.41, 5.74) is 2.89. The lowest BCUT2D eigenvalue weighted by molar-refractivity contribution is 0.718. The number of hydrogen-bond donors (Lipinski definition) is 0. The lowest BCUT2D eigenvalue weighted by Crippen LogP contribution is -1.98. The molecule has 0 bridgehead atoms. The summed E-state index contributed by atoms with van der Waals surface area (Å²) >= 11 is 0. The first-order valence-electron chi connectivity index (χ1n) is 4.22. The molecule has 11 heavy (non-hydrogen) atoms. The standard InChI is InChI=1S/C11H16/c1-4-5-11-8-9(2)6-7-10(11)3/h4,7-9H,1,5-6H2,2-3H3. The van der Waals surface area contributed by atoms with Gasteiger partial charge in [0.05, 0.1) is 0 Å². The second-order valence-corrected chi connectivity index (χ2v) is 3.28. The molecule has 0 N–H and O–H groups in total. The fourth-order valence-corrected chi connectivity index (χ4v) is 1.42. The van der Waals surface area contributed by atoms with Gasteiger partial charge < -0.3 is 0 Å². The molecular formula is C11H16. The highest BCUT2D eigenvalue weighted by Crippen LogP contribution is 2.24. The molecule has 1 aliphatic carbocycles. The number of hydrogen-bond acceptors (Lipinski definition) is 0. The van der Waals surface area contributed by atoms with Crippen molar-refractivity contribution in [3.8, 4) is 0 Å². The molecule has 0 aromatic rings. The van der Waals surface area contributed by atoms with Gasteiger partial charge in [-0.15, -0.1) is 6.58 Å². The zero-order valence-corrected chi connectivity index (χ0v) is 7.43. The van der Waals surface area contributed by atoms with Crippen LogP contribution in [0.25, 0.3) is 0 Å². The van der Waals surface area contributed by atoms with E-state index in [1.54, 1.807) is 0 Å². The van der Waals surface area contributed by atoms with Gasteiger partial charge in [-0.2, -0.15) is 0 Å². The summed E-state index contributed by atoms with van der Waals surface area (Å²) in [5.74, 6) is 0.716. The fraction of sp³-hybridized carbons (Fsp3) is 0.455. The van der Waals surface area contributed by atoms with Crippen molar-refractivity contribution in [2.75, 3.05) is 0 Å². The molecule has 0 spiro atoms. The number of allylic oxidation sites excluding steroid dienone is 5. The van der Waals surface area contributed by atoms with Crippen molar-refractivity contribution in [1.82, 2.24) is 0 Å². The van der Waals surface area contributed by atoms with Crippen LogP contribution in [0.3, 0.4) is 0 Å². The molecule has 0 aromatic heterocycles. The van der Waals surface area contributed by atoms with Crippen LogP contribution in [-0.2, 0) is 0 Å². The average Bonchev–Trinajstić information content (AvgIpc) is 1.98. The molecule has 0 saturated heterocycles. The maximum atomic E-state index is 3.75. The molecule has 0 heteroatoms. The third-order valence-corrected chi connectivity index (χ3v) is 2.15. The predicted octanol–water partition coefficient (Wildman–Crippen LogP) is 3.48. The van der Waals surface area contributed by atoms with Crippen LogP contribution in [0.1, 0.15) is 26.7 Å². The van der Waals surface area contributed by atoms with E-state index in [-0.39, 0.29) is 0 Å². The lowest BCUT2D eigenvalue weighted by Gasteiger charge is -2.15. The smallest absolute Gasteiger partial charge is 0.0101 e. The molecule has 0 saturated carbocycles. The summed E-state index contributed by atoms with van der Waals surface area (Å²) in [7, 11) is 0. The van der Waals surface area contributed by atoms with E-state index in [1.165, 1.54) is 17.6 Å². The Morgan fingerprint density at radius 2 is 2.45 bits per heavy atom. The Labute approximate surface area is 69.3 Å². The van der Waals surface area contributed by atoms with Crippen molar-refractivity contribution >= 4 is 0 Å². The van der Waals surface area contributed by atoms with E-state index in [0.717, 1.165) is 6.42 Å². The summed E-state index contributed by atoms with van der Waals surface area (Å²) in [4.78, 5) is 0. The Kier molecular flexibility index (Phi) is 2.70. The summed E-state index contributed by atoms with van der Waals surface area (Å²) in [6.45, 7) is 8.18. The topological polar surface area (TPSA) is 0 Å². The molecule has 1 unspecified atom stereocenters. The quantitative estimate of drug-likeness (QED) is 0.526. The van der Waals surface area contributed by atoms with Gasteiger partial charge in [0.15, 0.2) is 0 Å². The monoisotopic (exact) mass is 148 g/mol. The Morgan fingerprint density at radius 3 is 3.09 bits per heavy atom. The van der Waals surface area contributed by atoms with Gasteiger partial charge in [0.25, 0.3) is 0 Å². The van der Waals surface area contributed by atoms with Crippen LogP contribution in [0.15, 0.2) is 36.0 Å². The molecule has 0 heterocycles. The molecule has 1 aliphatic rings. The molecule has 0 fully saturated rings. The molecule has 60 valence electrons. The number of rotatable bonds is 2. The van der Waals surface area contributed by atoms with Gasteiger partial charge in [-0.25, -0.2) is 0 Å². The second kappa shape index (κ2) is 3.56. The second-order valence-electron chi connectivity index (χ2n) is 3.28. The largest absolute Gasteiger partial charge is 0.103 e. The highest BCUT2D eigenvalue weighted by molar-refractivity contribution is 5.34. The fourth-order valence-electron chi connectivity index (χ4n) is 1.42. The Balaban J connectivity index is 2.72. The van der Waals surface area contributed by atoms with Gasteiger partial charge in [-0.1, -0.05) is 30.7 Å². The SMILES string of the molecule is C=CCC1=CC(C)CC=C1C. The minimum Gasteiger partial charge on any atom is -0.103 e. The normalized spacial score (nSPS) is 24.0.